The van der Waals surface area contributed by atoms with Crippen LogP contribution in [-0.4, -0.2) is 43.8 Å². The topological polar surface area (TPSA) is 101 Å². The van der Waals surface area contributed by atoms with E-state index in [9.17, 15) is 4.79 Å². The third-order valence-corrected chi connectivity index (χ3v) is 6.51. The molecule has 0 atom stereocenters. The van der Waals surface area contributed by atoms with Gasteiger partial charge in [-0.15, -0.1) is 26.6 Å². The van der Waals surface area contributed by atoms with E-state index < -0.39 is 0 Å². The average Bonchev–Trinajstić information content (AvgIpc) is 3.57. The minimum Gasteiger partial charge on any atom is -0.454 e. The van der Waals surface area contributed by atoms with Crippen LogP contribution in [0.15, 0.2) is 58.6 Å². The highest BCUT2D eigenvalue weighted by Gasteiger charge is 2.26. The second-order valence-corrected chi connectivity index (χ2v) is 8.62. The molecule has 1 saturated heterocycles. The molecule has 32 heavy (non-hydrogen) atoms. The average molecular weight is 446 g/mol. The maximum Gasteiger partial charge on any atom is 0.229 e. The van der Waals surface area contributed by atoms with Crippen LogP contribution in [0.3, 0.4) is 0 Å². The normalized spacial score (nSPS) is 14.9. The smallest absolute Gasteiger partial charge is 0.229 e. The molecule has 1 fully saturated rings. The number of carbonyl (C=O) groups excluding carboxylic acids is 1. The Bertz CT molecular complexity index is 1380. The van der Waals surface area contributed by atoms with Crippen molar-refractivity contribution in [2.45, 2.75) is 12.8 Å². The summed E-state index contributed by atoms with van der Waals surface area (Å²) in [6.45, 7) is 1.53. The second kappa shape index (κ2) is 7.72. The summed E-state index contributed by atoms with van der Waals surface area (Å²) in [4.78, 5) is 19.6. The Morgan fingerprint density at radius 3 is 2.91 bits per heavy atom. The molecule has 6 rings (SSSR count). The number of thiazole rings is 1. The molecule has 160 valence electrons. The Morgan fingerprint density at radius 1 is 1.16 bits per heavy atom. The number of fused-ring (bicyclic) bond motifs is 2. The maximum absolute atomic E-state index is 12.8. The maximum atomic E-state index is 12.8. The van der Waals surface area contributed by atoms with Gasteiger partial charge in [-0.1, -0.05) is 18.2 Å². The molecule has 9 nitrogen and oxygen atoms in total. The Hall–Kier alpha value is -3.79. The number of aromatic nitrogens is 5. The lowest BCUT2D eigenvalue weighted by molar-refractivity contribution is -0.120. The quantitative estimate of drug-likeness (QED) is 0.448. The second-order valence-electron chi connectivity index (χ2n) is 7.76. The lowest BCUT2D eigenvalue weighted by atomic mass is 9.96. The molecule has 5 aromatic rings. The first-order valence-corrected chi connectivity index (χ1v) is 11.3. The number of piperidine rings is 1. The zero-order valence-corrected chi connectivity index (χ0v) is 17.8. The molecule has 0 radical (unpaired) electrons. The number of para-hydroxylation sites is 1. The van der Waals surface area contributed by atoms with E-state index in [1.165, 1.54) is 11.3 Å². The fourth-order valence-electron chi connectivity index (χ4n) is 4.02. The van der Waals surface area contributed by atoms with Gasteiger partial charge in [-0.3, -0.25) is 4.79 Å². The summed E-state index contributed by atoms with van der Waals surface area (Å²) in [5.74, 6) is 1.53. The van der Waals surface area contributed by atoms with E-state index in [-0.39, 0.29) is 11.8 Å². The van der Waals surface area contributed by atoms with E-state index in [4.69, 9.17) is 4.42 Å². The fourth-order valence-corrected chi connectivity index (χ4v) is 4.72. The molecule has 10 heteroatoms. The van der Waals surface area contributed by atoms with Crippen LogP contribution < -0.4 is 10.2 Å². The van der Waals surface area contributed by atoms with Gasteiger partial charge in [0.2, 0.25) is 5.91 Å². The first-order chi connectivity index (χ1) is 15.7. The van der Waals surface area contributed by atoms with Gasteiger partial charge in [0.25, 0.3) is 0 Å². The Labute approximate surface area is 186 Å². The van der Waals surface area contributed by atoms with Gasteiger partial charge in [0, 0.05) is 29.8 Å². The minimum atomic E-state index is -0.0524. The number of hydrogen-bond donors (Lipinski definition) is 1. The number of carbonyl (C=O) groups is 1. The molecule has 0 spiro atoms. The van der Waals surface area contributed by atoms with Crippen molar-refractivity contribution in [2.24, 2.45) is 5.92 Å². The molecule has 1 aliphatic heterocycles. The van der Waals surface area contributed by atoms with E-state index in [1.54, 1.807) is 10.8 Å². The van der Waals surface area contributed by atoms with Gasteiger partial charge in [-0.2, -0.15) is 4.52 Å². The molecule has 1 aromatic carbocycles. The van der Waals surface area contributed by atoms with Gasteiger partial charge in [0.05, 0.1) is 0 Å². The van der Waals surface area contributed by atoms with Crippen LogP contribution in [0.2, 0.25) is 0 Å². The van der Waals surface area contributed by atoms with Crippen LogP contribution in [0.1, 0.15) is 12.8 Å². The summed E-state index contributed by atoms with van der Waals surface area (Å²) in [7, 11) is 0. The molecule has 5 heterocycles. The van der Waals surface area contributed by atoms with Crippen LogP contribution >= 0.6 is 11.3 Å². The molecule has 0 aliphatic carbocycles. The lowest BCUT2D eigenvalue weighted by Gasteiger charge is -2.31. The van der Waals surface area contributed by atoms with E-state index in [1.807, 2.05) is 47.8 Å². The predicted molar refractivity (Wildman–Crippen MR) is 122 cm³/mol. The summed E-state index contributed by atoms with van der Waals surface area (Å²) < 4.78 is 7.54. The minimum absolute atomic E-state index is 0.0115. The summed E-state index contributed by atoms with van der Waals surface area (Å²) in [5, 5.41) is 18.9. The number of nitrogens with zero attached hydrogens (tertiary/aromatic N) is 6. The van der Waals surface area contributed by atoms with Crippen molar-refractivity contribution in [1.82, 2.24) is 24.8 Å². The monoisotopic (exact) mass is 445 g/mol. The standard InChI is InChI=1S/C22H19N7O2S/c30-21(14-7-9-28(10-8-14)20-6-5-19-26-23-13-29(19)27-20)25-22-24-16(12-32-22)18-11-15-3-1-2-4-17(15)31-18/h1-6,11-14H,7-10H2,(H,24,25,30). The van der Waals surface area contributed by atoms with E-state index in [0.717, 1.165) is 48.4 Å². The highest BCUT2D eigenvalue weighted by Crippen LogP contribution is 2.31. The fraction of sp³-hybridized carbons (Fsp3) is 0.227. The van der Waals surface area contributed by atoms with Gasteiger partial charge >= 0.3 is 0 Å². The summed E-state index contributed by atoms with van der Waals surface area (Å²) in [5.41, 5.74) is 2.27. The van der Waals surface area contributed by atoms with Gasteiger partial charge in [-0.25, -0.2) is 4.98 Å². The number of rotatable bonds is 4. The lowest BCUT2D eigenvalue weighted by Crippen LogP contribution is -2.38. The van der Waals surface area contributed by atoms with Crippen LogP contribution in [0.25, 0.3) is 28.1 Å². The van der Waals surface area contributed by atoms with Gasteiger partial charge in [0.15, 0.2) is 16.5 Å². The van der Waals surface area contributed by atoms with Gasteiger partial charge < -0.3 is 14.6 Å². The third-order valence-electron chi connectivity index (χ3n) is 5.75. The molecule has 1 aliphatic rings. The van der Waals surface area contributed by atoms with E-state index >= 15 is 0 Å². The molecular weight excluding hydrogens is 426 g/mol. The van der Waals surface area contributed by atoms with Crippen molar-refractivity contribution in [1.29, 1.82) is 0 Å². The molecule has 1 amide bonds. The summed E-state index contributed by atoms with van der Waals surface area (Å²) in [6.07, 6.45) is 3.11. The number of amides is 1. The summed E-state index contributed by atoms with van der Waals surface area (Å²) >= 11 is 1.41. The van der Waals surface area contributed by atoms with Crippen molar-refractivity contribution < 1.29 is 9.21 Å². The molecule has 1 N–H and O–H groups in total. The molecule has 0 unspecified atom stereocenters. The number of furan rings is 1. The molecule has 0 saturated carbocycles. The third kappa shape index (κ3) is 3.48. The van der Waals surface area contributed by atoms with Gasteiger partial charge in [-0.05, 0) is 37.1 Å². The first-order valence-electron chi connectivity index (χ1n) is 10.4. The number of anilines is 2. The Morgan fingerprint density at radius 2 is 2.03 bits per heavy atom. The van der Waals surface area contributed by atoms with Crippen molar-refractivity contribution in [3.8, 4) is 11.5 Å². The number of hydrogen-bond acceptors (Lipinski definition) is 8. The van der Waals surface area contributed by atoms with E-state index in [0.29, 0.717) is 16.5 Å². The van der Waals surface area contributed by atoms with Crippen molar-refractivity contribution in [2.75, 3.05) is 23.3 Å². The highest BCUT2D eigenvalue weighted by molar-refractivity contribution is 7.14. The Kier molecular flexibility index (Phi) is 4.57. The van der Waals surface area contributed by atoms with E-state index in [2.05, 4.69) is 30.5 Å². The van der Waals surface area contributed by atoms with Crippen molar-refractivity contribution >= 4 is 44.8 Å². The summed E-state index contributed by atoms with van der Waals surface area (Å²) in [6, 6.07) is 13.7. The predicted octanol–water partition coefficient (Wildman–Crippen LogP) is 3.85. The van der Waals surface area contributed by atoms with Crippen LogP contribution in [0, 0.1) is 5.92 Å². The molecule has 4 aromatic heterocycles. The van der Waals surface area contributed by atoms with Crippen LogP contribution in [0.4, 0.5) is 10.9 Å². The van der Waals surface area contributed by atoms with Crippen molar-refractivity contribution in [3.63, 3.8) is 0 Å². The molecular formula is C22H19N7O2S. The highest BCUT2D eigenvalue weighted by atomic mass is 32.1. The van der Waals surface area contributed by atoms with Crippen molar-refractivity contribution in [3.05, 3.63) is 54.2 Å². The Balaban J connectivity index is 1.09. The largest absolute Gasteiger partial charge is 0.454 e. The number of nitrogens with one attached hydrogen (secondary N) is 1. The molecule has 0 bridgehead atoms. The van der Waals surface area contributed by atoms with Gasteiger partial charge in [0.1, 0.15) is 23.4 Å². The number of benzene rings is 1. The first kappa shape index (κ1) is 18.9. The zero-order valence-electron chi connectivity index (χ0n) is 17.0. The van der Waals surface area contributed by atoms with Crippen LogP contribution in [0.5, 0.6) is 0 Å². The SMILES string of the molecule is O=C(Nc1nc(-c2cc3ccccc3o2)cs1)C1CCN(c2ccc3nncn3n2)CC1. The zero-order chi connectivity index (χ0) is 21.5. The van der Waals surface area contributed by atoms with Crippen LogP contribution in [-0.2, 0) is 4.79 Å².